The number of nitrogens with zero attached hydrogens (tertiary/aromatic N) is 2. The number of alkyl carbamates (subject to hydrolysis) is 1. The highest BCUT2D eigenvalue weighted by Gasteiger charge is 2.64. The van der Waals surface area contributed by atoms with E-state index in [1.54, 1.807) is 73.7 Å². The summed E-state index contributed by atoms with van der Waals surface area (Å²) >= 11 is 6.79. The zero-order chi connectivity index (χ0) is 44.7. The van der Waals surface area contributed by atoms with Crippen LogP contribution >= 0.6 is 33.2 Å². The fourth-order valence-corrected chi connectivity index (χ4v) is 10.3. The average molecular weight is 898 g/mol. The van der Waals surface area contributed by atoms with Crippen molar-refractivity contribution >= 4 is 68.7 Å². The van der Waals surface area contributed by atoms with E-state index < -0.39 is 65.7 Å². The summed E-state index contributed by atoms with van der Waals surface area (Å²) in [5.41, 5.74) is 4.25. The van der Waals surface area contributed by atoms with E-state index in [-0.39, 0.29) is 40.8 Å². The van der Waals surface area contributed by atoms with Crippen LogP contribution in [-0.4, -0.2) is 120 Å². The number of anilines is 1. The minimum atomic E-state index is -1.84. The van der Waals surface area contributed by atoms with Gasteiger partial charge in [-0.15, -0.1) is 0 Å². The maximum atomic E-state index is 14.3. The van der Waals surface area contributed by atoms with Crippen LogP contribution in [0.15, 0.2) is 35.9 Å². The van der Waals surface area contributed by atoms with E-state index in [0.29, 0.717) is 37.1 Å². The van der Waals surface area contributed by atoms with Gasteiger partial charge >= 0.3 is 12.1 Å². The molecule has 8 atom stereocenters. The quantitative estimate of drug-likeness (QED) is 0.0888. The second-order valence-corrected chi connectivity index (χ2v) is 20.1. The van der Waals surface area contributed by atoms with Gasteiger partial charge in [-0.3, -0.25) is 19.7 Å². The van der Waals surface area contributed by atoms with Crippen LogP contribution in [0.2, 0.25) is 5.02 Å². The highest BCUT2D eigenvalue weighted by molar-refractivity contribution is 8.77. The van der Waals surface area contributed by atoms with Crippen molar-refractivity contribution in [3.8, 4) is 5.75 Å². The van der Waals surface area contributed by atoms with Gasteiger partial charge in [0.05, 0.1) is 25.3 Å². The molecule has 3 aliphatic rings. The topological polar surface area (TPSA) is 200 Å². The Hall–Kier alpha value is -3.48. The summed E-state index contributed by atoms with van der Waals surface area (Å²) in [6.07, 6.45) is 2.48. The molecule has 18 heteroatoms. The third kappa shape index (κ3) is 12.3. The van der Waals surface area contributed by atoms with Crippen molar-refractivity contribution in [3.63, 3.8) is 0 Å². The Labute approximate surface area is 366 Å². The zero-order valence-electron chi connectivity index (χ0n) is 36.2. The maximum Gasteiger partial charge on any atom is 0.409 e. The molecular weight excluding hydrogens is 836 g/mol. The number of fused-ring (bicyclic) bond motifs is 5. The molecule has 4 N–H and O–H groups in total. The number of nitrogens with one attached hydrogen (secondary N) is 1. The number of carbonyl (C=O) groups is 5. The average Bonchev–Trinajstić information content (AvgIpc) is 3.88. The molecule has 2 fully saturated rings. The van der Waals surface area contributed by atoms with E-state index in [1.807, 2.05) is 26.8 Å². The molecule has 3 aliphatic heterocycles. The number of esters is 1. The van der Waals surface area contributed by atoms with Crippen LogP contribution < -0.4 is 20.7 Å². The summed E-state index contributed by atoms with van der Waals surface area (Å²) in [4.78, 5) is 68.4. The van der Waals surface area contributed by atoms with Crippen molar-refractivity contribution in [1.82, 2.24) is 10.2 Å². The number of primary amides is 1. The minimum absolute atomic E-state index is 0.0646. The molecule has 4 amide bonds. The van der Waals surface area contributed by atoms with E-state index in [1.165, 1.54) is 31.1 Å². The zero-order valence-corrected chi connectivity index (χ0v) is 38.6. The Balaban J connectivity index is 1.62. The van der Waals surface area contributed by atoms with E-state index in [2.05, 4.69) is 5.32 Å². The standard InChI is InChI=1S/C42H61ClN4O11S2/c1-24-13-11-14-31(55-10)42(53)23-30(56-39(52)45-42)25(2)37-41(6,58-37)32(22-35(50)47(8)28-20-27(19-24)21-29(54-9)36(28)43)57-38(51)26(3)46(7)34(49)16-17-40(4,5)60-59-18-12-15-33(44)48/h11,13-14,20-21,25-26,30-32,37,53H,12,15-19,22-23H2,1-10H3,(H2,44,48)(H,45,52)/b14-11+,24-13+/t25-,26+,30+,31-,32+,37+,41+,42+/m1/s1. The van der Waals surface area contributed by atoms with Crippen LogP contribution in [0, 0.1) is 5.92 Å². The van der Waals surface area contributed by atoms with Crippen molar-refractivity contribution in [3.05, 3.63) is 46.5 Å². The molecule has 0 aliphatic carbocycles. The number of aliphatic hydroxyl groups is 1. The summed E-state index contributed by atoms with van der Waals surface area (Å²) < 4.78 is 29.1. The lowest BCUT2D eigenvalue weighted by atomic mass is 9.83. The van der Waals surface area contributed by atoms with Crippen molar-refractivity contribution < 1.29 is 52.8 Å². The Kier molecular flexibility index (Phi) is 16.9. The van der Waals surface area contributed by atoms with Crippen LogP contribution in [0.5, 0.6) is 5.75 Å². The van der Waals surface area contributed by atoms with Crippen LogP contribution in [0.3, 0.4) is 0 Å². The van der Waals surface area contributed by atoms with E-state index >= 15 is 0 Å². The molecule has 4 rings (SSSR count). The van der Waals surface area contributed by atoms with Gasteiger partial charge in [0, 0.05) is 56.9 Å². The molecule has 1 aromatic carbocycles. The monoisotopic (exact) mass is 896 g/mol. The van der Waals surface area contributed by atoms with Crippen LogP contribution in [0.4, 0.5) is 10.5 Å². The van der Waals surface area contributed by atoms with Crippen molar-refractivity contribution in [2.45, 2.75) is 133 Å². The number of halogens is 1. The number of ether oxygens (including phenoxy) is 5. The number of amides is 4. The van der Waals surface area contributed by atoms with Gasteiger partial charge in [-0.2, -0.15) is 0 Å². The molecule has 60 heavy (non-hydrogen) atoms. The van der Waals surface area contributed by atoms with Gasteiger partial charge in [-0.25, -0.2) is 9.59 Å². The summed E-state index contributed by atoms with van der Waals surface area (Å²) in [6.45, 7) is 11.1. The summed E-state index contributed by atoms with van der Waals surface area (Å²) in [5.74, 6) is -1.23. The Bertz CT molecular complexity index is 1830. The number of likely N-dealkylation sites (N-methyl/N-ethyl adjacent to an activating group) is 1. The fourth-order valence-electron chi connectivity index (χ4n) is 7.35. The number of benzene rings is 1. The molecule has 0 unspecified atom stereocenters. The molecule has 0 aromatic heterocycles. The predicted molar refractivity (Wildman–Crippen MR) is 233 cm³/mol. The van der Waals surface area contributed by atoms with Crippen LogP contribution in [0.25, 0.3) is 0 Å². The van der Waals surface area contributed by atoms with Crippen molar-refractivity contribution in [1.29, 1.82) is 0 Å². The first-order valence-corrected chi connectivity index (χ1v) is 22.7. The number of allylic oxidation sites excluding steroid dienone is 3. The number of hydrogen-bond acceptors (Lipinski definition) is 13. The van der Waals surface area contributed by atoms with E-state index in [9.17, 15) is 29.1 Å². The molecule has 4 bridgehead atoms. The highest BCUT2D eigenvalue weighted by atomic mass is 35.5. The maximum absolute atomic E-state index is 14.3. The first kappa shape index (κ1) is 49.2. The molecule has 0 radical (unpaired) electrons. The van der Waals surface area contributed by atoms with E-state index in [4.69, 9.17) is 41.0 Å². The van der Waals surface area contributed by atoms with Gasteiger partial charge in [-0.05, 0) is 71.6 Å². The molecule has 0 saturated carbocycles. The molecule has 1 aromatic rings. The second-order valence-electron chi connectivity index (χ2n) is 16.6. The Morgan fingerprint density at radius 3 is 2.57 bits per heavy atom. The SMILES string of the molecule is COc1cc2cc(c1Cl)N(C)C(=O)C[C@H](OC(=O)[C@H](C)N(C)C(=O)CCC(C)(C)SSCCCC(N)=O)[C@]1(C)O[C@H]1[C@H](C)[C@@H]1C[C@@](O)(NC(=O)O1)[C@H](OC)/C=C/C=C(\C)C2. The summed E-state index contributed by atoms with van der Waals surface area (Å²) in [7, 11) is 9.27. The van der Waals surface area contributed by atoms with Gasteiger partial charge in [-0.1, -0.05) is 63.9 Å². The predicted octanol–water partition coefficient (Wildman–Crippen LogP) is 5.72. The lowest BCUT2D eigenvalue weighted by Crippen LogP contribution is -2.63. The third-order valence-corrected chi connectivity index (χ3v) is 15.2. The van der Waals surface area contributed by atoms with E-state index in [0.717, 1.165) is 16.9 Å². The lowest BCUT2D eigenvalue weighted by molar-refractivity contribution is -0.162. The largest absolute Gasteiger partial charge is 0.495 e. The number of methoxy groups -OCH3 is 2. The van der Waals surface area contributed by atoms with Crippen molar-refractivity contribution in [2.75, 3.05) is 39.0 Å². The fraction of sp³-hybridized carbons (Fsp3) is 0.643. The number of nitrogens with two attached hydrogens (primary N) is 1. The highest BCUT2D eigenvalue weighted by Crippen LogP contribution is 2.49. The minimum Gasteiger partial charge on any atom is -0.495 e. The Morgan fingerprint density at radius 1 is 1.22 bits per heavy atom. The molecule has 2 saturated heterocycles. The second kappa shape index (κ2) is 20.6. The number of epoxide rings is 1. The first-order chi connectivity index (χ1) is 28.0. The number of rotatable bonds is 14. The van der Waals surface area contributed by atoms with Gasteiger partial charge in [0.1, 0.15) is 40.7 Å². The number of hydrogen-bond donors (Lipinski definition) is 3. The third-order valence-electron chi connectivity index (χ3n) is 11.4. The van der Waals surface area contributed by atoms with Gasteiger partial charge in [0.2, 0.25) is 17.7 Å². The first-order valence-electron chi connectivity index (χ1n) is 20.0. The smallest absolute Gasteiger partial charge is 0.409 e. The van der Waals surface area contributed by atoms with Crippen molar-refractivity contribution in [2.24, 2.45) is 11.7 Å². The molecule has 334 valence electrons. The molecular formula is C42H61ClN4O11S2. The summed E-state index contributed by atoms with van der Waals surface area (Å²) in [5, 5.41) is 14.5. The van der Waals surface area contributed by atoms with Crippen LogP contribution in [-0.2, 0) is 44.5 Å². The van der Waals surface area contributed by atoms with Crippen LogP contribution in [0.1, 0.15) is 85.6 Å². The molecule has 3 heterocycles. The number of carbonyl (C=O) groups excluding carboxylic acids is 5. The summed E-state index contributed by atoms with van der Waals surface area (Å²) in [6, 6.07) is 2.56. The molecule has 15 nitrogen and oxygen atoms in total. The normalized spacial score (nSPS) is 29.2. The molecule has 0 spiro atoms. The Morgan fingerprint density at radius 2 is 1.92 bits per heavy atom. The van der Waals surface area contributed by atoms with Gasteiger partial charge in [0.25, 0.3) is 0 Å². The lowest BCUT2D eigenvalue weighted by Gasteiger charge is -2.42. The van der Waals surface area contributed by atoms with Gasteiger partial charge in [0.15, 0.2) is 5.72 Å². The van der Waals surface area contributed by atoms with Gasteiger partial charge < -0.3 is 44.3 Å².